The van der Waals surface area contributed by atoms with Crippen molar-refractivity contribution in [3.05, 3.63) is 29.8 Å². The Morgan fingerprint density at radius 3 is 2.36 bits per heavy atom. The number of Topliss-reactive ketones (excluding diaryl/α,β-unsaturated/α-hetero) is 2. The Labute approximate surface area is 138 Å². The highest BCUT2D eigenvalue weighted by atomic mass is 32.2. The SMILES string of the molecule is CC(=O)C(C)Sc1ccc(C(=O)CCC2CCCCC2)cc1. The zero-order valence-electron chi connectivity index (χ0n) is 13.6. The molecule has 0 saturated heterocycles. The van der Waals surface area contributed by atoms with E-state index >= 15 is 0 Å². The molecule has 0 amide bonds. The molecule has 0 heterocycles. The zero-order chi connectivity index (χ0) is 15.9. The second-order valence-electron chi connectivity index (χ2n) is 6.36. The van der Waals surface area contributed by atoms with E-state index in [4.69, 9.17) is 0 Å². The molecular formula is C19H26O2S. The summed E-state index contributed by atoms with van der Waals surface area (Å²) < 4.78 is 0. The summed E-state index contributed by atoms with van der Waals surface area (Å²) in [5.41, 5.74) is 0.802. The molecular weight excluding hydrogens is 292 g/mol. The maximum absolute atomic E-state index is 12.3. The van der Waals surface area contributed by atoms with Crippen molar-refractivity contribution >= 4 is 23.3 Å². The second-order valence-corrected chi connectivity index (χ2v) is 7.78. The topological polar surface area (TPSA) is 34.1 Å². The molecule has 0 radical (unpaired) electrons. The Kier molecular flexibility index (Phi) is 6.69. The van der Waals surface area contributed by atoms with Gasteiger partial charge in [0.25, 0.3) is 0 Å². The average molecular weight is 318 g/mol. The highest BCUT2D eigenvalue weighted by Crippen LogP contribution is 2.28. The minimum Gasteiger partial charge on any atom is -0.299 e. The molecule has 120 valence electrons. The van der Waals surface area contributed by atoms with Gasteiger partial charge in [-0.15, -0.1) is 11.8 Å². The van der Waals surface area contributed by atoms with Gasteiger partial charge >= 0.3 is 0 Å². The van der Waals surface area contributed by atoms with Crippen molar-refractivity contribution in [3.8, 4) is 0 Å². The highest BCUT2D eigenvalue weighted by Gasteiger charge is 2.16. The molecule has 1 atom stereocenters. The third kappa shape index (κ3) is 5.28. The van der Waals surface area contributed by atoms with Gasteiger partial charge in [-0.25, -0.2) is 0 Å². The minimum absolute atomic E-state index is 0.0344. The molecule has 0 aliphatic heterocycles. The van der Waals surface area contributed by atoms with Crippen molar-refractivity contribution in [2.24, 2.45) is 5.92 Å². The summed E-state index contributed by atoms with van der Waals surface area (Å²) in [7, 11) is 0. The van der Waals surface area contributed by atoms with Crippen LogP contribution in [0.1, 0.15) is 69.2 Å². The maximum Gasteiger partial charge on any atom is 0.162 e. The van der Waals surface area contributed by atoms with E-state index in [0.717, 1.165) is 22.8 Å². The molecule has 1 aliphatic rings. The lowest BCUT2D eigenvalue weighted by molar-refractivity contribution is -0.116. The molecule has 1 aromatic carbocycles. The fourth-order valence-corrected chi connectivity index (χ4v) is 3.83. The first kappa shape index (κ1) is 17.3. The number of hydrogen-bond acceptors (Lipinski definition) is 3. The Morgan fingerprint density at radius 1 is 1.14 bits per heavy atom. The summed E-state index contributed by atoms with van der Waals surface area (Å²) in [6.45, 7) is 3.52. The van der Waals surface area contributed by atoms with Crippen LogP contribution in [0.25, 0.3) is 0 Å². The van der Waals surface area contributed by atoms with Gasteiger partial charge in [-0.1, -0.05) is 44.2 Å². The quantitative estimate of drug-likeness (QED) is 0.505. The van der Waals surface area contributed by atoms with E-state index in [-0.39, 0.29) is 16.8 Å². The summed E-state index contributed by atoms with van der Waals surface area (Å²) in [4.78, 5) is 24.6. The van der Waals surface area contributed by atoms with Crippen LogP contribution in [0.5, 0.6) is 0 Å². The Bertz CT molecular complexity index is 501. The van der Waals surface area contributed by atoms with E-state index in [9.17, 15) is 9.59 Å². The summed E-state index contributed by atoms with van der Waals surface area (Å²) in [6.07, 6.45) is 8.33. The van der Waals surface area contributed by atoms with E-state index in [1.54, 1.807) is 18.7 Å². The van der Waals surface area contributed by atoms with E-state index < -0.39 is 0 Å². The number of hydrogen-bond donors (Lipinski definition) is 0. The molecule has 0 bridgehead atoms. The number of benzene rings is 1. The third-order valence-corrected chi connectivity index (χ3v) is 5.80. The monoisotopic (exact) mass is 318 g/mol. The van der Waals surface area contributed by atoms with Gasteiger partial charge in [-0.3, -0.25) is 9.59 Å². The lowest BCUT2D eigenvalue weighted by Crippen LogP contribution is -2.09. The van der Waals surface area contributed by atoms with Crippen LogP contribution in [0.15, 0.2) is 29.2 Å². The van der Waals surface area contributed by atoms with Crippen molar-refractivity contribution in [1.82, 2.24) is 0 Å². The largest absolute Gasteiger partial charge is 0.299 e. The fraction of sp³-hybridized carbons (Fsp3) is 0.579. The maximum atomic E-state index is 12.3. The molecule has 2 rings (SSSR count). The summed E-state index contributed by atoms with van der Waals surface area (Å²) in [5.74, 6) is 1.18. The number of thioether (sulfide) groups is 1. The number of rotatable bonds is 7. The van der Waals surface area contributed by atoms with Crippen LogP contribution in [-0.4, -0.2) is 16.8 Å². The third-order valence-electron chi connectivity index (χ3n) is 4.57. The van der Waals surface area contributed by atoms with Gasteiger partial charge in [0, 0.05) is 16.9 Å². The lowest BCUT2D eigenvalue weighted by atomic mass is 9.85. The summed E-state index contributed by atoms with van der Waals surface area (Å²) >= 11 is 1.55. The fourth-order valence-electron chi connectivity index (χ4n) is 2.96. The zero-order valence-corrected chi connectivity index (χ0v) is 14.5. The molecule has 3 heteroatoms. The van der Waals surface area contributed by atoms with Crippen LogP contribution in [0.4, 0.5) is 0 Å². The Balaban J connectivity index is 1.83. The van der Waals surface area contributed by atoms with E-state index in [1.165, 1.54) is 32.1 Å². The van der Waals surface area contributed by atoms with Gasteiger partial charge in [0.1, 0.15) is 5.78 Å². The summed E-state index contributed by atoms with van der Waals surface area (Å²) in [5, 5.41) is -0.0344. The van der Waals surface area contributed by atoms with Crippen molar-refractivity contribution in [1.29, 1.82) is 0 Å². The normalized spacial score (nSPS) is 17.2. The lowest BCUT2D eigenvalue weighted by Gasteiger charge is -2.20. The van der Waals surface area contributed by atoms with Crippen LogP contribution in [-0.2, 0) is 4.79 Å². The number of carbonyl (C=O) groups excluding carboxylic acids is 2. The van der Waals surface area contributed by atoms with Gasteiger partial charge < -0.3 is 0 Å². The van der Waals surface area contributed by atoms with Gasteiger partial charge in [-0.2, -0.15) is 0 Å². The molecule has 0 spiro atoms. The first-order valence-electron chi connectivity index (χ1n) is 8.36. The van der Waals surface area contributed by atoms with E-state index in [0.29, 0.717) is 6.42 Å². The molecule has 1 aliphatic carbocycles. The van der Waals surface area contributed by atoms with Gasteiger partial charge in [0.05, 0.1) is 5.25 Å². The van der Waals surface area contributed by atoms with Gasteiger partial charge in [0.15, 0.2) is 5.78 Å². The predicted octanol–water partition coefficient (Wildman–Crippen LogP) is 5.30. The smallest absolute Gasteiger partial charge is 0.162 e. The minimum atomic E-state index is -0.0344. The first-order chi connectivity index (χ1) is 10.6. The van der Waals surface area contributed by atoms with Gasteiger partial charge in [0.2, 0.25) is 0 Å². The van der Waals surface area contributed by atoms with Crippen LogP contribution in [0, 0.1) is 5.92 Å². The second kappa shape index (κ2) is 8.52. The van der Waals surface area contributed by atoms with E-state index in [1.807, 2.05) is 31.2 Å². The average Bonchev–Trinajstić information content (AvgIpc) is 2.54. The van der Waals surface area contributed by atoms with Crippen LogP contribution >= 0.6 is 11.8 Å². The molecule has 2 nitrogen and oxygen atoms in total. The molecule has 22 heavy (non-hydrogen) atoms. The Morgan fingerprint density at radius 2 is 1.77 bits per heavy atom. The standard InChI is InChI=1S/C19H26O2S/c1-14(20)15(2)22-18-11-9-17(10-12-18)19(21)13-8-16-6-4-3-5-7-16/h9-12,15-16H,3-8,13H2,1-2H3. The molecule has 1 aromatic rings. The van der Waals surface area contributed by atoms with Gasteiger partial charge in [-0.05, 0) is 38.3 Å². The predicted molar refractivity (Wildman–Crippen MR) is 92.6 cm³/mol. The van der Waals surface area contributed by atoms with Crippen LogP contribution in [0.2, 0.25) is 0 Å². The Hall–Kier alpha value is -1.09. The van der Waals surface area contributed by atoms with Crippen molar-refractivity contribution in [2.75, 3.05) is 0 Å². The number of ketones is 2. The van der Waals surface area contributed by atoms with Crippen molar-refractivity contribution < 1.29 is 9.59 Å². The number of carbonyl (C=O) groups is 2. The van der Waals surface area contributed by atoms with Crippen LogP contribution in [0.3, 0.4) is 0 Å². The molecule has 0 aromatic heterocycles. The van der Waals surface area contributed by atoms with Crippen molar-refractivity contribution in [3.63, 3.8) is 0 Å². The molecule has 1 unspecified atom stereocenters. The first-order valence-corrected chi connectivity index (χ1v) is 9.24. The molecule has 1 saturated carbocycles. The van der Waals surface area contributed by atoms with E-state index in [2.05, 4.69) is 0 Å². The molecule has 1 fully saturated rings. The van der Waals surface area contributed by atoms with Crippen molar-refractivity contribution in [2.45, 2.75) is 68.9 Å². The summed E-state index contributed by atoms with van der Waals surface area (Å²) in [6, 6.07) is 7.71. The molecule has 0 N–H and O–H groups in total. The highest BCUT2D eigenvalue weighted by molar-refractivity contribution is 8.00. The van der Waals surface area contributed by atoms with Crippen LogP contribution < -0.4 is 0 Å².